The SMILES string of the molecule is CC1(C)NC2=C(C=C3OC=CC=C3C2)N(NCCC2CCCCC2)[C@@H]1O.Cl. The van der Waals surface area contributed by atoms with Crippen LogP contribution in [0.15, 0.2) is 47.2 Å². The molecule has 3 N–H and O–H groups in total. The van der Waals surface area contributed by atoms with Gasteiger partial charge in [0, 0.05) is 30.3 Å². The lowest BCUT2D eigenvalue weighted by Crippen LogP contribution is -2.64. The molecule has 0 aromatic heterocycles. The third kappa shape index (κ3) is 4.20. The monoisotopic (exact) mass is 393 g/mol. The zero-order valence-electron chi connectivity index (χ0n) is 16.3. The van der Waals surface area contributed by atoms with Gasteiger partial charge in [-0.15, -0.1) is 12.4 Å². The molecule has 2 aliphatic heterocycles. The van der Waals surface area contributed by atoms with Crippen molar-refractivity contribution < 1.29 is 9.84 Å². The van der Waals surface area contributed by atoms with Crippen LogP contribution in [-0.4, -0.2) is 28.4 Å². The number of allylic oxidation sites excluding steroid dienone is 5. The maximum Gasteiger partial charge on any atom is 0.163 e. The Labute approximate surface area is 168 Å². The average Bonchev–Trinajstić information content (AvgIpc) is 2.64. The normalized spacial score (nSPS) is 26.8. The molecular weight excluding hydrogens is 362 g/mol. The molecule has 150 valence electrons. The van der Waals surface area contributed by atoms with Gasteiger partial charge in [-0.1, -0.05) is 38.2 Å². The fourth-order valence-corrected chi connectivity index (χ4v) is 4.46. The quantitative estimate of drug-likeness (QED) is 0.677. The van der Waals surface area contributed by atoms with Crippen molar-refractivity contribution >= 4 is 12.4 Å². The molecule has 0 radical (unpaired) electrons. The van der Waals surface area contributed by atoms with E-state index in [2.05, 4.69) is 16.8 Å². The molecule has 4 rings (SSSR count). The third-order valence-corrected chi connectivity index (χ3v) is 6.01. The summed E-state index contributed by atoms with van der Waals surface area (Å²) in [5, 5.41) is 16.4. The van der Waals surface area contributed by atoms with E-state index in [0.29, 0.717) is 0 Å². The van der Waals surface area contributed by atoms with Crippen LogP contribution >= 0.6 is 12.4 Å². The first-order valence-corrected chi connectivity index (χ1v) is 10.0. The molecule has 2 aliphatic carbocycles. The third-order valence-electron chi connectivity index (χ3n) is 6.01. The lowest BCUT2D eigenvalue weighted by atomic mass is 9.87. The van der Waals surface area contributed by atoms with Gasteiger partial charge in [-0.25, -0.2) is 5.43 Å². The van der Waals surface area contributed by atoms with Gasteiger partial charge >= 0.3 is 0 Å². The molecule has 0 aromatic carbocycles. The first kappa shape index (κ1) is 20.3. The minimum Gasteiger partial charge on any atom is -0.465 e. The molecule has 1 saturated carbocycles. The number of ether oxygens (including phenoxy) is 1. The van der Waals surface area contributed by atoms with E-state index in [1.54, 1.807) is 6.26 Å². The lowest BCUT2D eigenvalue weighted by molar-refractivity contribution is -0.0700. The number of fused-ring (bicyclic) bond motifs is 1. The summed E-state index contributed by atoms with van der Waals surface area (Å²) in [4.78, 5) is 0. The largest absolute Gasteiger partial charge is 0.465 e. The lowest BCUT2D eigenvalue weighted by Gasteiger charge is -2.48. The van der Waals surface area contributed by atoms with Crippen molar-refractivity contribution in [2.45, 2.75) is 70.6 Å². The zero-order chi connectivity index (χ0) is 18.1. The van der Waals surface area contributed by atoms with Crippen LogP contribution in [0.4, 0.5) is 0 Å². The van der Waals surface area contributed by atoms with E-state index in [9.17, 15) is 5.11 Å². The molecule has 5 nitrogen and oxygen atoms in total. The van der Waals surface area contributed by atoms with E-state index in [4.69, 9.17) is 4.74 Å². The summed E-state index contributed by atoms with van der Waals surface area (Å²) in [5.74, 6) is 1.70. The molecule has 2 heterocycles. The molecule has 0 amide bonds. The maximum absolute atomic E-state index is 10.9. The van der Waals surface area contributed by atoms with Crippen LogP contribution in [0.5, 0.6) is 0 Å². The number of aliphatic hydroxyl groups is 1. The number of aliphatic hydroxyl groups excluding tert-OH is 1. The second-order valence-corrected chi connectivity index (χ2v) is 8.48. The predicted molar refractivity (Wildman–Crippen MR) is 110 cm³/mol. The van der Waals surface area contributed by atoms with E-state index >= 15 is 0 Å². The topological polar surface area (TPSA) is 56.8 Å². The Morgan fingerprint density at radius 3 is 2.85 bits per heavy atom. The predicted octanol–water partition coefficient (Wildman–Crippen LogP) is 3.85. The fraction of sp³-hybridized carbons (Fsp3) is 0.619. The van der Waals surface area contributed by atoms with Crippen LogP contribution in [0.2, 0.25) is 0 Å². The molecule has 0 bridgehead atoms. The minimum absolute atomic E-state index is 0. The van der Waals surface area contributed by atoms with Crippen LogP contribution in [0.1, 0.15) is 58.8 Å². The highest BCUT2D eigenvalue weighted by Crippen LogP contribution is 2.37. The van der Waals surface area contributed by atoms with E-state index < -0.39 is 11.8 Å². The van der Waals surface area contributed by atoms with Gasteiger partial charge in [-0.2, -0.15) is 0 Å². The summed E-state index contributed by atoms with van der Waals surface area (Å²) in [7, 11) is 0. The van der Waals surface area contributed by atoms with E-state index in [-0.39, 0.29) is 12.4 Å². The second kappa shape index (κ2) is 8.29. The highest BCUT2D eigenvalue weighted by atomic mass is 35.5. The number of hydrogen-bond donors (Lipinski definition) is 3. The Morgan fingerprint density at radius 1 is 1.30 bits per heavy atom. The van der Waals surface area contributed by atoms with Gasteiger partial charge in [0.05, 0.1) is 17.5 Å². The molecule has 1 fully saturated rings. The number of halogens is 1. The van der Waals surface area contributed by atoms with E-state index in [1.165, 1.54) is 44.1 Å². The standard InChI is InChI=1S/C21H31N3O2.ClH/c1-21(2)20(25)24(22-11-10-15-7-4-3-5-8-15)18-14-19-16(9-6-12-26-19)13-17(18)23-21;/h6,9,12,14-15,20,22-23,25H,3-5,7-8,10-11,13H2,1-2H3;1H/t20-;/m1./s1. The first-order valence-electron chi connectivity index (χ1n) is 10.0. The summed E-state index contributed by atoms with van der Waals surface area (Å²) in [6.07, 6.45) is 15.9. The summed E-state index contributed by atoms with van der Waals surface area (Å²) in [6.45, 7) is 4.98. The molecule has 0 saturated heterocycles. The van der Waals surface area contributed by atoms with Gasteiger partial charge in [0.25, 0.3) is 0 Å². The van der Waals surface area contributed by atoms with Crippen LogP contribution in [0.3, 0.4) is 0 Å². The maximum atomic E-state index is 10.9. The molecule has 0 unspecified atom stereocenters. The summed E-state index contributed by atoms with van der Waals surface area (Å²) in [5.41, 5.74) is 6.40. The highest BCUT2D eigenvalue weighted by Gasteiger charge is 2.41. The van der Waals surface area contributed by atoms with Crippen molar-refractivity contribution in [2.24, 2.45) is 5.92 Å². The Kier molecular flexibility index (Phi) is 6.24. The van der Waals surface area contributed by atoms with Crippen LogP contribution in [0.25, 0.3) is 0 Å². The second-order valence-electron chi connectivity index (χ2n) is 8.48. The van der Waals surface area contributed by atoms with E-state index in [1.807, 2.05) is 31.0 Å². The minimum atomic E-state index is -0.644. The summed E-state index contributed by atoms with van der Waals surface area (Å²) in [6, 6.07) is 0. The molecule has 4 aliphatic rings. The Morgan fingerprint density at radius 2 is 2.07 bits per heavy atom. The molecular formula is C21H32ClN3O2. The number of nitrogens with one attached hydrogen (secondary N) is 2. The van der Waals surface area contributed by atoms with Gasteiger partial charge in [-0.05, 0) is 32.3 Å². The van der Waals surface area contributed by atoms with Gasteiger partial charge < -0.3 is 15.2 Å². The fourth-order valence-electron chi connectivity index (χ4n) is 4.46. The molecule has 0 aromatic rings. The van der Waals surface area contributed by atoms with Crippen molar-refractivity contribution in [2.75, 3.05) is 6.54 Å². The van der Waals surface area contributed by atoms with Crippen molar-refractivity contribution in [3.63, 3.8) is 0 Å². The molecule has 1 atom stereocenters. The highest BCUT2D eigenvalue weighted by molar-refractivity contribution is 5.85. The van der Waals surface area contributed by atoms with Crippen molar-refractivity contribution in [3.05, 3.63) is 47.2 Å². The Hall–Kier alpha value is -1.43. The number of rotatable bonds is 4. The van der Waals surface area contributed by atoms with Gasteiger partial charge in [0.2, 0.25) is 0 Å². The average molecular weight is 394 g/mol. The Balaban J connectivity index is 0.00000210. The Bertz CT molecular complexity index is 675. The van der Waals surface area contributed by atoms with Gasteiger partial charge in [0.15, 0.2) is 6.23 Å². The molecule has 0 spiro atoms. The van der Waals surface area contributed by atoms with Crippen molar-refractivity contribution in [3.8, 4) is 0 Å². The summed E-state index contributed by atoms with van der Waals surface area (Å²) >= 11 is 0. The number of hydrazine groups is 1. The zero-order valence-corrected chi connectivity index (χ0v) is 17.1. The first-order chi connectivity index (χ1) is 12.5. The number of hydrogen-bond acceptors (Lipinski definition) is 5. The van der Waals surface area contributed by atoms with Crippen molar-refractivity contribution in [1.29, 1.82) is 0 Å². The van der Waals surface area contributed by atoms with Crippen LogP contribution < -0.4 is 10.7 Å². The van der Waals surface area contributed by atoms with Gasteiger partial charge in [0.1, 0.15) is 5.76 Å². The van der Waals surface area contributed by atoms with E-state index in [0.717, 1.165) is 36.0 Å². The molecule has 27 heavy (non-hydrogen) atoms. The molecule has 6 heteroatoms. The van der Waals surface area contributed by atoms with Crippen LogP contribution in [0, 0.1) is 5.92 Å². The number of nitrogens with zero attached hydrogens (tertiary/aromatic N) is 1. The van der Waals surface area contributed by atoms with Gasteiger partial charge in [-0.3, -0.25) is 5.01 Å². The van der Waals surface area contributed by atoms with Crippen LogP contribution in [-0.2, 0) is 4.74 Å². The van der Waals surface area contributed by atoms with Crippen molar-refractivity contribution in [1.82, 2.24) is 15.8 Å². The summed E-state index contributed by atoms with van der Waals surface area (Å²) < 4.78 is 5.68. The smallest absolute Gasteiger partial charge is 0.163 e.